The van der Waals surface area contributed by atoms with E-state index in [0.717, 1.165) is 11.6 Å². The third kappa shape index (κ3) is 6.35. The van der Waals surface area contributed by atoms with Crippen LogP contribution in [-0.4, -0.2) is 35.4 Å². The van der Waals surface area contributed by atoms with Crippen molar-refractivity contribution < 1.29 is 23.6 Å². The molecule has 2 aromatic rings. The lowest BCUT2D eigenvalue weighted by Gasteiger charge is -2.16. The highest BCUT2D eigenvalue weighted by Crippen LogP contribution is 2.14. The number of nitro benzene ring substituents is 1. The van der Waals surface area contributed by atoms with Crippen molar-refractivity contribution in [2.45, 2.75) is 6.54 Å². The Bertz CT molecular complexity index is 865. The summed E-state index contributed by atoms with van der Waals surface area (Å²) in [5.41, 5.74) is 1.10. The summed E-state index contributed by atoms with van der Waals surface area (Å²) in [5, 5.41) is 10.7. The maximum atomic E-state index is 12.9. The molecule has 0 aliphatic carbocycles. The lowest BCUT2D eigenvalue weighted by molar-refractivity contribution is -0.384. The van der Waals surface area contributed by atoms with Gasteiger partial charge in [-0.05, 0) is 29.3 Å². The molecular weight excluding hydrogens is 355 g/mol. The number of carbonyl (C=O) groups excluding carboxylic acids is 2. The minimum absolute atomic E-state index is 0.0943. The maximum absolute atomic E-state index is 12.9. The highest BCUT2D eigenvalue weighted by atomic mass is 19.1. The number of carbonyl (C=O) groups is 2. The standard InChI is InChI=1S/C19H17FN2O5/c1-21(12-15-5-8-16(20)9-6-15)18(23)13-27-19(24)10-7-14-3-2-4-17(11-14)22(25)26/h2-11H,12-13H2,1H3/b10-7+. The molecule has 0 N–H and O–H groups in total. The fraction of sp³-hybridized carbons (Fsp3) is 0.158. The number of esters is 1. The highest BCUT2D eigenvalue weighted by molar-refractivity contribution is 5.89. The second-order valence-corrected chi connectivity index (χ2v) is 5.67. The second kappa shape index (κ2) is 9.23. The molecule has 0 saturated carbocycles. The van der Waals surface area contributed by atoms with Crippen molar-refractivity contribution in [1.82, 2.24) is 4.90 Å². The van der Waals surface area contributed by atoms with E-state index in [1.165, 1.54) is 41.3 Å². The van der Waals surface area contributed by atoms with Crippen LogP contribution in [-0.2, 0) is 20.9 Å². The number of nitrogens with zero attached hydrogens (tertiary/aromatic N) is 2. The van der Waals surface area contributed by atoms with Crippen molar-refractivity contribution in [3.63, 3.8) is 0 Å². The molecule has 0 heterocycles. The summed E-state index contributed by atoms with van der Waals surface area (Å²) < 4.78 is 17.7. The van der Waals surface area contributed by atoms with Gasteiger partial charge >= 0.3 is 5.97 Å². The molecule has 2 rings (SSSR count). The van der Waals surface area contributed by atoms with E-state index in [2.05, 4.69) is 0 Å². The minimum atomic E-state index is -0.745. The first-order valence-electron chi connectivity index (χ1n) is 7.93. The van der Waals surface area contributed by atoms with Crippen LogP contribution in [0.4, 0.5) is 10.1 Å². The molecule has 0 atom stereocenters. The fourth-order valence-corrected chi connectivity index (χ4v) is 2.15. The first kappa shape index (κ1) is 19.8. The normalized spacial score (nSPS) is 10.6. The lowest BCUT2D eigenvalue weighted by atomic mass is 10.2. The number of benzene rings is 2. The summed E-state index contributed by atoms with van der Waals surface area (Å²) >= 11 is 0. The topological polar surface area (TPSA) is 89.8 Å². The van der Waals surface area contributed by atoms with E-state index in [0.29, 0.717) is 5.56 Å². The van der Waals surface area contributed by atoms with Crippen LogP contribution < -0.4 is 0 Å². The molecule has 8 heteroatoms. The number of non-ortho nitro benzene ring substituents is 1. The summed E-state index contributed by atoms with van der Waals surface area (Å²) in [6.07, 6.45) is 2.45. The Labute approximate surface area is 154 Å². The van der Waals surface area contributed by atoms with E-state index in [4.69, 9.17) is 4.74 Å². The largest absolute Gasteiger partial charge is 0.452 e. The van der Waals surface area contributed by atoms with Crippen molar-refractivity contribution >= 4 is 23.6 Å². The summed E-state index contributed by atoms with van der Waals surface area (Å²) in [7, 11) is 1.54. The lowest BCUT2D eigenvalue weighted by Crippen LogP contribution is -2.30. The molecule has 0 saturated heterocycles. The summed E-state index contributed by atoms with van der Waals surface area (Å²) in [6.45, 7) is -0.198. The number of hydrogen-bond donors (Lipinski definition) is 0. The van der Waals surface area contributed by atoms with Crippen LogP contribution in [0.25, 0.3) is 6.08 Å². The molecular formula is C19H17FN2O5. The van der Waals surface area contributed by atoms with Gasteiger partial charge in [-0.25, -0.2) is 9.18 Å². The molecule has 0 bridgehead atoms. The van der Waals surface area contributed by atoms with Crippen molar-refractivity contribution in [3.05, 3.63) is 81.7 Å². The van der Waals surface area contributed by atoms with E-state index in [9.17, 15) is 24.1 Å². The van der Waals surface area contributed by atoms with E-state index in [1.54, 1.807) is 25.2 Å². The Balaban J connectivity index is 1.83. The van der Waals surface area contributed by atoms with Crippen LogP contribution in [0.2, 0.25) is 0 Å². The van der Waals surface area contributed by atoms with Gasteiger partial charge in [-0.2, -0.15) is 0 Å². The van der Waals surface area contributed by atoms with Gasteiger partial charge in [0.2, 0.25) is 0 Å². The molecule has 27 heavy (non-hydrogen) atoms. The number of ether oxygens (including phenoxy) is 1. The van der Waals surface area contributed by atoms with Gasteiger partial charge in [-0.3, -0.25) is 14.9 Å². The molecule has 1 amide bonds. The Morgan fingerprint density at radius 2 is 1.93 bits per heavy atom. The predicted octanol–water partition coefficient (Wildman–Crippen LogP) is 2.95. The molecule has 0 aliphatic heterocycles. The highest BCUT2D eigenvalue weighted by Gasteiger charge is 2.11. The third-order valence-corrected chi connectivity index (χ3v) is 3.59. The summed E-state index contributed by atoms with van der Waals surface area (Å²) in [6, 6.07) is 11.5. The van der Waals surface area contributed by atoms with Crippen LogP contribution in [0.15, 0.2) is 54.6 Å². The monoisotopic (exact) mass is 372 g/mol. The Hall–Kier alpha value is -3.55. The van der Waals surface area contributed by atoms with Gasteiger partial charge in [0.25, 0.3) is 11.6 Å². The van der Waals surface area contributed by atoms with Crippen LogP contribution in [0.5, 0.6) is 0 Å². The van der Waals surface area contributed by atoms with Crippen LogP contribution in [0.3, 0.4) is 0 Å². The number of hydrogen-bond acceptors (Lipinski definition) is 5. The number of amides is 1. The zero-order valence-corrected chi connectivity index (χ0v) is 14.5. The van der Waals surface area contributed by atoms with Crippen LogP contribution in [0.1, 0.15) is 11.1 Å². The number of likely N-dealkylation sites (N-methyl/N-ethyl adjacent to an activating group) is 1. The Morgan fingerprint density at radius 1 is 1.22 bits per heavy atom. The smallest absolute Gasteiger partial charge is 0.331 e. The van der Waals surface area contributed by atoms with Crippen molar-refractivity contribution in [2.24, 2.45) is 0 Å². The van der Waals surface area contributed by atoms with E-state index in [1.807, 2.05) is 0 Å². The number of halogens is 1. The first-order chi connectivity index (χ1) is 12.8. The molecule has 0 radical (unpaired) electrons. The number of rotatable bonds is 7. The molecule has 140 valence electrons. The van der Waals surface area contributed by atoms with Gasteiger partial charge in [0.05, 0.1) is 4.92 Å². The molecule has 0 unspecified atom stereocenters. The van der Waals surface area contributed by atoms with Gasteiger partial charge in [0, 0.05) is 31.8 Å². The van der Waals surface area contributed by atoms with Gasteiger partial charge in [0.1, 0.15) is 5.82 Å². The maximum Gasteiger partial charge on any atom is 0.331 e. The fourth-order valence-electron chi connectivity index (χ4n) is 2.15. The minimum Gasteiger partial charge on any atom is -0.452 e. The van der Waals surface area contributed by atoms with Gasteiger partial charge in [-0.15, -0.1) is 0 Å². The third-order valence-electron chi connectivity index (χ3n) is 3.59. The second-order valence-electron chi connectivity index (χ2n) is 5.67. The molecule has 0 fully saturated rings. The predicted molar refractivity (Wildman–Crippen MR) is 96.0 cm³/mol. The zero-order valence-electron chi connectivity index (χ0n) is 14.5. The Kier molecular flexibility index (Phi) is 6.76. The van der Waals surface area contributed by atoms with Gasteiger partial charge in [0.15, 0.2) is 6.61 Å². The number of nitro groups is 1. The van der Waals surface area contributed by atoms with Crippen molar-refractivity contribution in [2.75, 3.05) is 13.7 Å². The molecule has 7 nitrogen and oxygen atoms in total. The zero-order chi connectivity index (χ0) is 19.8. The van der Waals surface area contributed by atoms with Gasteiger partial charge in [-0.1, -0.05) is 24.3 Å². The Morgan fingerprint density at radius 3 is 2.59 bits per heavy atom. The molecule has 2 aromatic carbocycles. The average Bonchev–Trinajstić information content (AvgIpc) is 2.66. The van der Waals surface area contributed by atoms with Crippen LogP contribution in [0, 0.1) is 15.9 Å². The average molecular weight is 372 g/mol. The van der Waals surface area contributed by atoms with E-state index < -0.39 is 23.4 Å². The SMILES string of the molecule is CN(Cc1ccc(F)cc1)C(=O)COC(=O)/C=C/c1cccc([N+](=O)[O-])c1. The van der Waals surface area contributed by atoms with Gasteiger partial charge < -0.3 is 9.64 Å². The molecule has 0 spiro atoms. The summed E-state index contributed by atoms with van der Waals surface area (Å²) in [5.74, 6) is -1.53. The summed E-state index contributed by atoms with van der Waals surface area (Å²) in [4.78, 5) is 35.2. The quantitative estimate of drug-likeness (QED) is 0.323. The first-order valence-corrected chi connectivity index (χ1v) is 7.93. The van der Waals surface area contributed by atoms with Crippen LogP contribution >= 0.6 is 0 Å². The van der Waals surface area contributed by atoms with Crippen molar-refractivity contribution in [1.29, 1.82) is 0 Å². The van der Waals surface area contributed by atoms with Crippen molar-refractivity contribution in [3.8, 4) is 0 Å². The molecule has 0 aromatic heterocycles. The van der Waals surface area contributed by atoms with E-state index >= 15 is 0 Å². The van der Waals surface area contributed by atoms with E-state index in [-0.39, 0.29) is 18.0 Å². The molecule has 0 aliphatic rings.